The van der Waals surface area contributed by atoms with E-state index < -0.39 is 0 Å². The summed E-state index contributed by atoms with van der Waals surface area (Å²) in [6.07, 6.45) is 3.33. The quantitative estimate of drug-likeness (QED) is 0.530. The lowest BCUT2D eigenvalue weighted by Gasteiger charge is -1.95. The van der Waals surface area contributed by atoms with Crippen LogP contribution in [0.5, 0.6) is 0 Å². The molecule has 0 heterocycles. The van der Waals surface area contributed by atoms with Crippen molar-refractivity contribution in [3.05, 3.63) is 6.42 Å². The first kappa shape index (κ1) is 6.48. The number of hydrogen-bond donors (Lipinski definition) is 0. The van der Waals surface area contributed by atoms with Gasteiger partial charge in [-0.15, -0.1) is 0 Å². The van der Waals surface area contributed by atoms with Gasteiger partial charge in [-0.1, -0.05) is 29.8 Å². The van der Waals surface area contributed by atoms with Crippen LogP contribution in [0.25, 0.3) is 0 Å². The van der Waals surface area contributed by atoms with Gasteiger partial charge in [0.1, 0.15) is 0 Å². The minimum atomic E-state index is 0.623. The highest BCUT2D eigenvalue weighted by molar-refractivity contribution is 9.09. The van der Waals surface area contributed by atoms with Crippen molar-refractivity contribution in [1.82, 2.24) is 0 Å². The van der Waals surface area contributed by atoms with E-state index in [2.05, 4.69) is 36.2 Å². The maximum absolute atomic E-state index is 3.42. The molecule has 0 spiro atoms. The first-order valence-electron chi connectivity index (χ1n) is 2.24. The van der Waals surface area contributed by atoms with Crippen molar-refractivity contribution in [1.29, 1.82) is 0 Å². The lowest BCUT2D eigenvalue weighted by atomic mass is 10.3. The SMILES string of the molecule is C[CH]C(Br)CC. The Labute approximate surface area is 48.1 Å². The first-order chi connectivity index (χ1) is 2.81. The van der Waals surface area contributed by atoms with Crippen molar-refractivity contribution in [2.75, 3.05) is 0 Å². The van der Waals surface area contributed by atoms with Gasteiger partial charge in [0.05, 0.1) is 0 Å². The van der Waals surface area contributed by atoms with Crippen molar-refractivity contribution in [2.45, 2.75) is 25.1 Å². The van der Waals surface area contributed by atoms with Crippen LogP contribution in [0, 0.1) is 6.42 Å². The summed E-state index contributed by atoms with van der Waals surface area (Å²) in [5.74, 6) is 0. The minimum absolute atomic E-state index is 0.623. The predicted octanol–water partition coefficient (Wildman–Crippen LogP) is 2.38. The van der Waals surface area contributed by atoms with Crippen LogP contribution >= 0.6 is 15.9 Å². The van der Waals surface area contributed by atoms with E-state index in [1.165, 1.54) is 6.42 Å². The van der Waals surface area contributed by atoms with Crippen LogP contribution in [-0.4, -0.2) is 4.83 Å². The summed E-state index contributed by atoms with van der Waals surface area (Å²) in [5.41, 5.74) is 0. The molecule has 0 bridgehead atoms. The summed E-state index contributed by atoms with van der Waals surface area (Å²) in [4.78, 5) is 0.623. The van der Waals surface area contributed by atoms with Gasteiger partial charge < -0.3 is 0 Å². The van der Waals surface area contributed by atoms with Crippen molar-refractivity contribution in [2.24, 2.45) is 0 Å². The van der Waals surface area contributed by atoms with E-state index in [1.807, 2.05) is 0 Å². The van der Waals surface area contributed by atoms with Crippen LogP contribution < -0.4 is 0 Å². The van der Waals surface area contributed by atoms with Gasteiger partial charge in [-0.25, -0.2) is 0 Å². The Morgan fingerprint density at radius 2 is 2.33 bits per heavy atom. The molecule has 0 amide bonds. The molecule has 0 aliphatic rings. The van der Waals surface area contributed by atoms with E-state index in [4.69, 9.17) is 0 Å². The highest BCUT2D eigenvalue weighted by Gasteiger charge is 1.91. The summed E-state index contributed by atoms with van der Waals surface area (Å²) >= 11 is 3.42. The zero-order valence-corrected chi connectivity index (χ0v) is 5.83. The molecule has 6 heavy (non-hydrogen) atoms. The lowest BCUT2D eigenvalue weighted by Crippen LogP contribution is -1.89. The normalized spacial score (nSPS) is 10.0. The van der Waals surface area contributed by atoms with Gasteiger partial charge in [0.2, 0.25) is 0 Å². The maximum Gasteiger partial charge on any atom is 0.0171 e. The Kier molecular flexibility index (Phi) is 3.96. The molecule has 37 valence electrons. The van der Waals surface area contributed by atoms with Crippen LogP contribution in [0.1, 0.15) is 20.3 Å². The highest BCUT2D eigenvalue weighted by Crippen LogP contribution is 2.05. The molecule has 0 saturated heterocycles. The third-order valence-corrected chi connectivity index (χ3v) is 1.93. The molecule has 1 radical (unpaired) electrons. The van der Waals surface area contributed by atoms with Crippen LogP contribution in [0.2, 0.25) is 0 Å². The van der Waals surface area contributed by atoms with E-state index in [9.17, 15) is 0 Å². The third kappa shape index (κ3) is 2.70. The molecule has 1 unspecified atom stereocenters. The Hall–Kier alpha value is 0.480. The summed E-state index contributed by atoms with van der Waals surface area (Å²) in [5, 5.41) is 0. The molecular formula is C5H10Br. The average molecular weight is 150 g/mol. The molecule has 0 aromatic carbocycles. The van der Waals surface area contributed by atoms with Gasteiger partial charge >= 0.3 is 0 Å². The fraction of sp³-hybridized carbons (Fsp3) is 0.800. The molecule has 0 N–H and O–H groups in total. The summed E-state index contributed by atoms with van der Waals surface area (Å²) in [7, 11) is 0. The Morgan fingerprint density at radius 3 is 2.33 bits per heavy atom. The Bertz CT molecular complexity index is 23.1. The largest absolute Gasteiger partial charge is 0.0888 e. The molecule has 0 aromatic heterocycles. The van der Waals surface area contributed by atoms with Crippen molar-refractivity contribution >= 4 is 15.9 Å². The standard InChI is InChI=1S/C5H10Br/c1-3-5(6)4-2/h3,5H,4H2,1-2H3. The zero-order valence-electron chi connectivity index (χ0n) is 4.24. The van der Waals surface area contributed by atoms with E-state index >= 15 is 0 Å². The van der Waals surface area contributed by atoms with Crippen LogP contribution in [0.3, 0.4) is 0 Å². The Morgan fingerprint density at radius 1 is 1.83 bits per heavy atom. The lowest BCUT2D eigenvalue weighted by molar-refractivity contribution is 0.935. The van der Waals surface area contributed by atoms with Crippen molar-refractivity contribution in [3.8, 4) is 0 Å². The molecular weight excluding hydrogens is 140 g/mol. The fourth-order valence-electron chi connectivity index (χ4n) is 0.236. The maximum atomic E-state index is 3.42. The van der Waals surface area contributed by atoms with Crippen molar-refractivity contribution in [3.63, 3.8) is 0 Å². The Balaban J connectivity index is 2.75. The molecule has 0 nitrogen and oxygen atoms in total. The molecule has 1 heteroatoms. The van der Waals surface area contributed by atoms with Gasteiger partial charge in [-0.3, -0.25) is 0 Å². The number of halogens is 1. The van der Waals surface area contributed by atoms with Crippen LogP contribution in [0.15, 0.2) is 0 Å². The van der Waals surface area contributed by atoms with E-state index in [-0.39, 0.29) is 0 Å². The molecule has 0 saturated carbocycles. The van der Waals surface area contributed by atoms with Gasteiger partial charge in [0.15, 0.2) is 0 Å². The first-order valence-corrected chi connectivity index (χ1v) is 3.16. The van der Waals surface area contributed by atoms with E-state index in [0.29, 0.717) is 4.83 Å². The van der Waals surface area contributed by atoms with Gasteiger partial charge in [-0.05, 0) is 12.8 Å². The third-order valence-electron chi connectivity index (χ3n) is 0.752. The smallest absolute Gasteiger partial charge is 0.0171 e. The topological polar surface area (TPSA) is 0 Å². The molecule has 0 fully saturated rings. The summed E-state index contributed by atoms with van der Waals surface area (Å²) in [6, 6.07) is 0. The number of hydrogen-bond acceptors (Lipinski definition) is 0. The van der Waals surface area contributed by atoms with Gasteiger partial charge in [0.25, 0.3) is 0 Å². The monoisotopic (exact) mass is 149 g/mol. The second-order valence-electron chi connectivity index (χ2n) is 1.26. The van der Waals surface area contributed by atoms with Crippen LogP contribution in [0.4, 0.5) is 0 Å². The molecule has 0 aromatic rings. The van der Waals surface area contributed by atoms with Crippen molar-refractivity contribution < 1.29 is 0 Å². The summed E-state index contributed by atoms with van der Waals surface area (Å²) in [6.45, 7) is 4.21. The predicted molar refractivity (Wildman–Crippen MR) is 33.0 cm³/mol. The molecule has 0 aliphatic carbocycles. The van der Waals surface area contributed by atoms with Crippen LogP contribution in [-0.2, 0) is 0 Å². The molecule has 0 aliphatic heterocycles. The molecule has 1 atom stereocenters. The van der Waals surface area contributed by atoms with Gasteiger partial charge in [0, 0.05) is 4.83 Å². The molecule has 0 rings (SSSR count). The average Bonchev–Trinajstić information content (AvgIpc) is 1.65. The minimum Gasteiger partial charge on any atom is -0.0888 e. The second-order valence-corrected chi connectivity index (χ2v) is 2.43. The number of rotatable bonds is 2. The fourth-order valence-corrected chi connectivity index (χ4v) is 0.236. The summed E-state index contributed by atoms with van der Waals surface area (Å²) < 4.78 is 0. The number of alkyl halides is 1. The van der Waals surface area contributed by atoms with E-state index in [0.717, 1.165) is 0 Å². The van der Waals surface area contributed by atoms with E-state index in [1.54, 1.807) is 0 Å². The highest BCUT2D eigenvalue weighted by atomic mass is 79.9. The van der Waals surface area contributed by atoms with Gasteiger partial charge in [-0.2, -0.15) is 0 Å². The second kappa shape index (κ2) is 3.66. The zero-order chi connectivity index (χ0) is 4.99.